The van der Waals surface area contributed by atoms with Crippen molar-refractivity contribution in [2.45, 2.75) is 0 Å². The van der Waals surface area contributed by atoms with Gasteiger partial charge in [0, 0.05) is 0 Å². The number of benzene rings is 1. The molecule has 1 aromatic carbocycles. The normalized spacial score (nSPS) is 11.2. The Labute approximate surface area is 78.3 Å². The zero-order valence-electron chi connectivity index (χ0n) is 5.73. The summed E-state index contributed by atoms with van der Waals surface area (Å²) in [6.07, 6.45) is 0. The van der Waals surface area contributed by atoms with Crippen molar-refractivity contribution >= 4 is 26.3 Å². The second-order valence-corrected chi connectivity index (χ2v) is 3.76. The van der Waals surface area contributed by atoms with Crippen molar-refractivity contribution in [3.8, 4) is 5.75 Å². The van der Waals surface area contributed by atoms with Crippen molar-refractivity contribution in [1.29, 1.82) is 0 Å². The first-order chi connectivity index (χ1) is 5.49. The fourth-order valence-corrected chi connectivity index (χ4v) is 1.46. The summed E-state index contributed by atoms with van der Waals surface area (Å²) in [4.78, 5) is 0. The highest BCUT2D eigenvalue weighted by Gasteiger charge is 2.02. The van der Waals surface area contributed by atoms with E-state index in [4.69, 9.17) is 0 Å². The molecule has 1 aromatic rings. The summed E-state index contributed by atoms with van der Waals surface area (Å²) in [7, 11) is -4.68. The fraction of sp³-hybridized carbons (Fsp3) is 0. The first-order valence-electron chi connectivity index (χ1n) is 2.89. The summed E-state index contributed by atoms with van der Waals surface area (Å²) in [5, 5.41) is 0. The summed E-state index contributed by atoms with van der Waals surface area (Å²) in [6.45, 7) is 0. The second-order valence-electron chi connectivity index (χ2n) is 1.92. The molecule has 0 radical (unpaired) electrons. The van der Waals surface area contributed by atoms with Crippen LogP contribution in [-0.4, -0.2) is 13.0 Å². The number of para-hydroxylation sites is 1. The van der Waals surface area contributed by atoms with Gasteiger partial charge in [-0.25, -0.2) is 8.42 Å². The SMILES string of the molecule is O=S(=O)([O-])Oc1ccccc1Br. The lowest BCUT2D eigenvalue weighted by atomic mass is 10.3. The molecule has 0 aromatic heterocycles. The van der Waals surface area contributed by atoms with E-state index in [-0.39, 0.29) is 5.75 Å². The van der Waals surface area contributed by atoms with Gasteiger partial charge in [0.2, 0.25) is 0 Å². The maximum Gasteiger partial charge on any atom is 0.262 e. The molecule has 0 N–H and O–H groups in total. The Balaban J connectivity index is 2.98. The molecule has 0 fully saturated rings. The highest BCUT2D eigenvalue weighted by Crippen LogP contribution is 2.24. The predicted molar refractivity (Wildman–Crippen MR) is 44.5 cm³/mol. The fourth-order valence-electron chi connectivity index (χ4n) is 0.622. The van der Waals surface area contributed by atoms with Gasteiger partial charge in [0.1, 0.15) is 0 Å². The summed E-state index contributed by atoms with van der Waals surface area (Å²) < 4.78 is 35.0. The molecule has 0 atom stereocenters. The van der Waals surface area contributed by atoms with Gasteiger partial charge in [0.05, 0.1) is 4.47 Å². The molecule has 6 heteroatoms. The van der Waals surface area contributed by atoms with Crippen molar-refractivity contribution in [1.82, 2.24) is 0 Å². The molecule has 0 heterocycles. The van der Waals surface area contributed by atoms with Crippen LogP contribution in [0.4, 0.5) is 0 Å². The van der Waals surface area contributed by atoms with E-state index < -0.39 is 10.4 Å². The molecule has 0 saturated heterocycles. The lowest BCUT2D eigenvalue weighted by molar-refractivity contribution is 0.371. The lowest BCUT2D eigenvalue weighted by Gasteiger charge is -2.09. The molecule has 0 unspecified atom stereocenters. The Morgan fingerprint density at radius 1 is 1.33 bits per heavy atom. The summed E-state index contributed by atoms with van der Waals surface area (Å²) >= 11 is 3.02. The van der Waals surface area contributed by atoms with E-state index >= 15 is 0 Å². The average Bonchev–Trinajstić information content (AvgIpc) is 1.91. The van der Waals surface area contributed by atoms with Crippen molar-refractivity contribution in [2.24, 2.45) is 0 Å². The molecule has 0 saturated carbocycles. The third kappa shape index (κ3) is 2.80. The Bertz CT molecular complexity index is 373. The standard InChI is InChI=1S/C6H5BrO4S/c7-5-3-1-2-4-6(5)11-12(8,9)10/h1-4H,(H,8,9,10)/p-1. The van der Waals surface area contributed by atoms with Gasteiger partial charge >= 0.3 is 0 Å². The molecular weight excluding hydrogens is 248 g/mol. The van der Waals surface area contributed by atoms with Crippen LogP contribution in [0.5, 0.6) is 5.75 Å². The molecule has 4 nitrogen and oxygen atoms in total. The molecule has 0 aliphatic rings. The van der Waals surface area contributed by atoms with Gasteiger partial charge in [-0.05, 0) is 28.1 Å². The largest absolute Gasteiger partial charge is 0.716 e. The van der Waals surface area contributed by atoms with Gasteiger partial charge < -0.3 is 8.74 Å². The minimum Gasteiger partial charge on any atom is -0.716 e. The zero-order chi connectivity index (χ0) is 9.19. The van der Waals surface area contributed by atoms with Crippen LogP contribution in [0.2, 0.25) is 0 Å². The first kappa shape index (κ1) is 9.50. The molecule has 0 spiro atoms. The molecular formula is C6H4BrO4S-. The molecule has 0 amide bonds. The van der Waals surface area contributed by atoms with Crippen molar-refractivity contribution in [3.05, 3.63) is 28.7 Å². The van der Waals surface area contributed by atoms with E-state index in [2.05, 4.69) is 20.1 Å². The van der Waals surface area contributed by atoms with Gasteiger partial charge in [0.25, 0.3) is 10.4 Å². The smallest absolute Gasteiger partial charge is 0.262 e. The third-order valence-electron chi connectivity index (χ3n) is 1.03. The van der Waals surface area contributed by atoms with Gasteiger partial charge in [-0.1, -0.05) is 12.1 Å². The Morgan fingerprint density at radius 3 is 2.42 bits per heavy atom. The molecule has 0 bridgehead atoms. The van der Waals surface area contributed by atoms with Gasteiger partial charge in [0.15, 0.2) is 5.75 Å². The third-order valence-corrected chi connectivity index (χ3v) is 2.07. The lowest BCUT2D eigenvalue weighted by Crippen LogP contribution is -2.07. The number of rotatable bonds is 2. The van der Waals surface area contributed by atoms with Crippen LogP contribution in [0.25, 0.3) is 0 Å². The van der Waals surface area contributed by atoms with E-state index in [0.717, 1.165) is 0 Å². The van der Waals surface area contributed by atoms with Crippen LogP contribution in [0.15, 0.2) is 28.7 Å². The minimum atomic E-state index is -4.68. The highest BCUT2D eigenvalue weighted by atomic mass is 79.9. The average molecular weight is 252 g/mol. The number of hydrogen-bond acceptors (Lipinski definition) is 4. The second kappa shape index (κ2) is 3.42. The van der Waals surface area contributed by atoms with Gasteiger partial charge in [-0.2, -0.15) is 0 Å². The quantitative estimate of drug-likeness (QED) is 0.587. The Hall–Kier alpha value is -0.590. The van der Waals surface area contributed by atoms with E-state index in [1.807, 2.05) is 0 Å². The van der Waals surface area contributed by atoms with E-state index in [1.165, 1.54) is 6.07 Å². The van der Waals surface area contributed by atoms with Crippen LogP contribution < -0.4 is 4.18 Å². The maximum absolute atomic E-state index is 10.2. The van der Waals surface area contributed by atoms with E-state index in [1.54, 1.807) is 18.2 Å². The topological polar surface area (TPSA) is 66.4 Å². The van der Waals surface area contributed by atoms with Crippen molar-refractivity contribution < 1.29 is 17.2 Å². The number of hydrogen-bond donors (Lipinski definition) is 0. The molecule has 66 valence electrons. The van der Waals surface area contributed by atoms with Gasteiger partial charge in [-0.3, -0.25) is 0 Å². The minimum absolute atomic E-state index is 0.00694. The Morgan fingerprint density at radius 2 is 1.92 bits per heavy atom. The first-order valence-corrected chi connectivity index (χ1v) is 5.01. The maximum atomic E-state index is 10.2. The van der Waals surface area contributed by atoms with Crippen LogP contribution in [-0.2, 0) is 10.4 Å². The van der Waals surface area contributed by atoms with Crippen molar-refractivity contribution in [2.75, 3.05) is 0 Å². The summed E-state index contributed by atoms with van der Waals surface area (Å²) in [5.74, 6) is -0.00694. The molecule has 1 rings (SSSR count). The van der Waals surface area contributed by atoms with Crippen LogP contribution in [0.1, 0.15) is 0 Å². The zero-order valence-corrected chi connectivity index (χ0v) is 8.13. The highest BCUT2D eigenvalue weighted by molar-refractivity contribution is 9.10. The van der Waals surface area contributed by atoms with Crippen LogP contribution in [0, 0.1) is 0 Å². The van der Waals surface area contributed by atoms with Crippen LogP contribution in [0.3, 0.4) is 0 Å². The summed E-state index contributed by atoms with van der Waals surface area (Å²) in [6, 6.07) is 6.18. The van der Waals surface area contributed by atoms with E-state index in [9.17, 15) is 13.0 Å². The van der Waals surface area contributed by atoms with Crippen LogP contribution >= 0.6 is 15.9 Å². The molecule has 0 aliphatic carbocycles. The number of halogens is 1. The van der Waals surface area contributed by atoms with E-state index in [0.29, 0.717) is 4.47 Å². The predicted octanol–water partition coefficient (Wildman–Crippen LogP) is 1.29. The Kier molecular flexibility index (Phi) is 2.71. The molecule has 12 heavy (non-hydrogen) atoms. The monoisotopic (exact) mass is 251 g/mol. The molecule has 0 aliphatic heterocycles. The summed E-state index contributed by atoms with van der Waals surface area (Å²) in [5.41, 5.74) is 0. The van der Waals surface area contributed by atoms with Crippen molar-refractivity contribution in [3.63, 3.8) is 0 Å². The van der Waals surface area contributed by atoms with Gasteiger partial charge in [-0.15, -0.1) is 0 Å².